The Morgan fingerprint density at radius 3 is 2.48 bits per heavy atom. The number of hydrogen-bond acceptors (Lipinski definition) is 2. The molecule has 0 spiro atoms. The molecule has 0 saturated heterocycles. The molecular formula is C24H18BrClN2O. The van der Waals surface area contributed by atoms with Crippen molar-refractivity contribution in [2.24, 2.45) is 0 Å². The summed E-state index contributed by atoms with van der Waals surface area (Å²) in [6.07, 6.45) is 2.31. The predicted molar refractivity (Wildman–Crippen MR) is 122 cm³/mol. The zero-order chi connectivity index (χ0) is 20.8. The van der Waals surface area contributed by atoms with Crippen LogP contribution in [0.1, 0.15) is 22.3 Å². The number of nitriles is 1. The minimum absolute atomic E-state index is 0.0314. The van der Waals surface area contributed by atoms with Crippen LogP contribution in [0.3, 0.4) is 0 Å². The minimum atomic E-state index is -0.464. The number of anilines is 1. The van der Waals surface area contributed by atoms with E-state index >= 15 is 0 Å². The summed E-state index contributed by atoms with van der Waals surface area (Å²) in [5.74, 6) is -0.464. The third-order valence-electron chi connectivity index (χ3n) is 4.57. The minimum Gasteiger partial charge on any atom is -0.321 e. The highest BCUT2D eigenvalue weighted by Crippen LogP contribution is 2.25. The highest BCUT2D eigenvalue weighted by Gasteiger charge is 2.13. The molecule has 144 valence electrons. The Kier molecular flexibility index (Phi) is 6.87. The van der Waals surface area contributed by atoms with Crippen molar-refractivity contribution in [2.75, 3.05) is 5.32 Å². The van der Waals surface area contributed by atoms with Crippen molar-refractivity contribution in [2.45, 2.75) is 13.3 Å². The summed E-state index contributed by atoms with van der Waals surface area (Å²) >= 11 is 9.69. The van der Waals surface area contributed by atoms with E-state index in [0.29, 0.717) is 17.1 Å². The van der Waals surface area contributed by atoms with Gasteiger partial charge in [-0.05, 0) is 59.9 Å². The molecule has 0 bridgehead atoms. The molecule has 5 heteroatoms. The van der Waals surface area contributed by atoms with Crippen LogP contribution in [0.5, 0.6) is 0 Å². The van der Waals surface area contributed by atoms with Gasteiger partial charge in [0.2, 0.25) is 0 Å². The van der Waals surface area contributed by atoms with E-state index in [9.17, 15) is 10.1 Å². The van der Waals surface area contributed by atoms with E-state index in [-0.39, 0.29) is 5.57 Å². The lowest BCUT2D eigenvalue weighted by atomic mass is 9.98. The van der Waals surface area contributed by atoms with Crippen molar-refractivity contribution in [1.29, 1.82) is 5.26 Å². The number of amides is 1. The fourth-order valence-corrected chi connectivity index (χ4v) is 3.52. The first kappa shape index (κ1) is 20.9. The van der Waals surface area contributed by atoms with Gasteiger partial charge >= 0.3 is 0 Å². The van der Waals surface area contributed by atoms with Crippen molar-refractivity contribution in [3.8, 4) is 6.07 Å². The van der Waals surface area contributed by atoms with Gasteiger partial charge in [0, 0.05) is 15.2 Å². The van der Waals surface area contributed by atoms with E-state index < -0.39 is 5.91 Å². The molecule has 0 unspecified atom stereocenters. The number of rotatable bonds is 5. The number of hydrogen-bond donors (Lipinski definition) is 1. The Balaban J connectivity index is 1.90. The van der Waals surface area contributed by atoms with Crippen LogP contribution < -0.4 is 5.32 Å². The van der Waals surface area contributed by atoms with Gasteiger partial charge in [0.25, 0.3) is 5.91 Å². The molecular weight excluding hydrogens is 448 g/mol. The van der Waals surface area contributed by atoms with Crippen molar-refractivity contribution in [1.82, 2.24) is 0 Å². The molecule has 0 aliphatic rings. The van der Waals surface area contributed by atoms with Gasteiger partial charge < -0.3 is 5.32 Å². The normalized spacial score (nSPS) is 11.0. The summed E-state index contributed by atoms with van der Waals surface area (Å²) in [6.45, 7) is 1.82. The number of halogens is 2. The van der Waals surface area contributed by atoms with Crippen molar-refractivity contribution >= 4 is 45.2 Å². The Bertz CT molecular complexity index is 1130. The van der Waals surface area contributed by atoms with E-state index in [1.54, 1.807) is 24.3 Å². The molecule has 3 aromatic rings. The lowest BCUT2D eigenvalue weighted by Crippen LogP contribution is -2.14. The second kappa shape index (κ2) is 9.56. The maximum Gasteiger partial charge on any atom is 0.266 e. The summed E-state index contributed by atoms with van der Waals surface area (Å²) in [4.78, 5) is 12.7. The molecule has 0 aliphatic carbocycles. The van der Waals surface area contributed by atoms with Gasteiger partial charge in [-0.1, -0.05) is 76.1 Å². The zero-order valence-corrected chi connectivity index (χ0v) is 18.1. The molecule has 0 atom stereocenters. The summed E-state index contributed by atoms with van der Waals surface area (Å²) in [5.41, 5.74) is 4.37. The van der Waals surface area contributed by atoms with E-state index in [4.69, 9.17) is 11.6 Å². The first-order valence-corrected chi connectivity index (χ1v) is 10.2. The van der Waals surface area contributed by atoms with Crippen LogP contribution in [0.15, 0.2) is 76.8 Å². The molecule has 1 N–H and O–H groups in total. The van der Waals surface area contributed by atoms with Gasteiger partial charge in [0.1, 0.15) is 11.6 Å². The maximum atomic E-state index is 12.7. The SMILES string of the molecule is Cc1c(Cl)cccc1NC(=O)/C(C#N)=C/c1ccccc1Cc1ccccc1Br. The van der Waals surface area contributed by atoms with Gasteiger partial charge in [-0.15, -0.1) is 0 Å². The monoisotopic (exact) mass is 464 g/mol. The number of nitrogens with one attached hydrogen (secondary N) is 1. The number of benzene rings is 3. The van der Waals surface area contributed by atoms with Gasteiger partial charge in [-0.25, -0.2) is 0 Å². The fourth-order valence-electron chi connectivity index (χ4n) is 2.92. The topological polar surface area (TPSA) is 52.9 Å². The van der Waals surface area contributed by atoms with E-state index in [1.807, 2.05) is 61.5 Å². The third-order valence-corrected chi connectivity index (χ3v) is 5.76. The second-order valence-electron chi connectivity index (χ2n) is 6.50. The van der Waals surface area contributed by atoms with E-state index in [2.05, 4.69) is 21.2 Å². The summed E-state index contributed by atoms with van der Waals surface area (Å²) in [5, 5.41) is 12.9. The lowest BCUT2D eigenvalue weighted by molar-refractivity contribution is -0.112. The summed E-state index contributed by atoms with van der Waals surface area (Å²) < 4.78 is 1.02. The van der Waals surface area contributed by atoms with Crippen LogP contribution in [0.25, 0.3) is 6.08 Å². The number of carbonyl (C=O) groups excluding carboxylic acids is 1. The average Bonchev–Trinajstić information content (AvgIpc) is 2.72. The van der Waals surface area contributed by atoms with Gasteiger partial charge in [-0.2, -0.15) is 5.26 Å². The Hall–Kier alpha value is -2.87. The van der Waals surface area contributed by atoms with Crippen molar-refractivity contribution in [3.05, 3.63) is 104 Å². The molecule has 3 rings (SSSR count). The first-order valence-electron chi connectivity index (χ1n) is 8.99. The third kappa shape index (κ3) is 5.14. The van der Waals surface area contributed by atoms with Gasteiger partial charge in [-0.3, -0.25) is 4.79 Å². The smallest absolute Gasteiger partial charge is 0.266 e. The molecule has 29 heavy (non-hydrogen) atoms. The van der Waals surface area contributed by atoms with E-state index in [1.165, 1.54) is 0 Å². The Labute approximate surface area is 183 Å². The van der Waals surface area contributed by atoms with Crippen molar-refractivity contribution in [3.63, 3.8) is 0 Å². The molecule has 3 aromatic carbocycles. The molecule has 3 nitrogen and oxygen atoms in total. The molecule has 1 amide bonds. The number of carbonyl (C=O) groups is 1. The van der Waals surface area contributed by atoms with E-state index in [0.717, 1.165) is 26.7 Å². The van der Waals surface area contributed by atoms with Crippen LogP contribution in [0.2, 0.25) is 5.02 Å². The van der Waals surface area contributed by atoms with Crippen LogP contribution in [0.4, 0.5) is 5.69 Å². The maximum absolute atomic E-state index is 12.7. The van der Waals surface area contributed by atoms with Crippen LogP contribution in [-0.4, -0.2) is 5.91 Å². The molecule has 0 radical (unpaired) electrons. The quantitative estimate of drug-likeness (QED) is 0.343. The van der Waals surface area contributed by atoms with Crippen LogP contribution in [0, 0.1) is 18.3 Å². The molecule has 0 fully saturated rings. The molecule has 0 saturated carbocycles. The Morgan fingerprint density at radius 1 is 1.07 bits per heavy atom. The Morgan fingerprint density at radius 2 is 1.76 bits per heavy atom. The van der Waals surface area contributed by atoms with Crippen molar-refractivity contribution < 1.29 is 4.79 Å². The zero-order valence-electron chi connectivity index (χ0n) is 15.7. The average molecular weight is 466 g/mol. The van der Waals surface area contributed by atoms with Crippen LogP contribution in [-0.2, 0) is 11.2 Å². The molecule has 0 aliphatic heterocycles. The number of nitrogens with zero attached hydrogens (tertiary/aromatic N) is 1. The summed E-state index contributed by atoms with van der Waals surface area (Å²) in [7, 11) is 0. The second-order valence-corrected chi connectivity index (χ2v) is 7.76. The highest BCUT2D eigenvalue weighted by atomic mass is 79.9. The standard InChI is InChI=1S/C24H18BrClN2O/c1-16-22(26)11-6-12-23(16)28-24(29)20(15-27)14-18-8-3-2-7-17(18)13-19-9-4-5-10-21(19)25/h2-12,14H,13H2,1H3,(H,28,29)/b20-14+. The van der Waals surface area contributed by atoms with Crippen LogP contribution >= 0.6 is 27.5 Å². The molecule has 0 aromatic heterocycles. The predicted octanol–water partition coefficient (Wildman–Crippen LogP) is 6.55. The van der Waals surface area contributed by atoms with Gasteiger partial charge in [0.05, 0.1) is 0 Å². The summed E-state index contributed by atoms with van der Waals surface area (Å²) in [6, 6.07) is 23.0. The van der Waals surface area contributed by atoms with Gasteiger partial charge in [0.15, 0.2) is 0 Å². The first-order chi connectivity index (χ1) is 14.0. The lowest BCUT2D eigenvalue weighted by Gasteiger charge is -2.10. The molecule has 0 heterocycles. The fraction of sp³-hybridized carbons (Fsp3) is 0.0833. The highest BCUT2D eigenvalue weighted by molar-refractivity contribution is 9.10. The largest absolute Gasteiger partial charge is 0.321 e.